The lowest BCUT2D eigenvalue weighted by atomic mass is 9.92. The molecule has 0 spiro atoms. The molecule has 1 saturated heterocycles. The van der Waals surface area contributed by atoms with E-state index in [4.69, 9.17) is 0 Å². The Morgan fingerprint density at radius 3 is 2.46 bits per heavy atom. The van der Waals surface area contributed by atoms with Crippen LogP contribution in [0.25, 0.3) is 11.1 Å². The number of likely N-dealkylation sites (tertiary alicyclic amines) is 1. The highest BCUT2D eigenvalue weighted by atomic mass is 32.1. The number of anilines is 1. The van der Waals surface area contributed by atoms with Crippen molar-refractivity contribution in [2.24, 2.45) is 11.8 Å². The van der Waals surface area contributed by atoms with Crippen LogP contribution in [-0.2, 0) is 4.79 Å². The van der Waals surface area contributed by atoms with Crippen LogP contribution in [0.1, 0.15) is 30.6 Å². The molecule has 0 radical (unpaired) electrons. The standard InChI is InChI=1S/C20H24N2O3S/c1-13-8-14(2)10-22(9-13)11-17(23)21-19-18(20(24)25)16(12-26-19)15-6-4-3-5-7-15/h3-7,12-14H,8-11H2,1-2H3,(H,21,23)(H,24,25). The fourth-order valence-electron chi connectivity index (χ4n) is 3.78. The summed E-state index contributed by atoms with van der Waals surface area (Å²) >= 11 is 1.26. The Kier molecular flexibility index (Phi) is 5.74. The van der Waals surface area contributed by atoms with Crippen LogP contribution in [0, 0.1) is 11.8 Å². The summed E-state index contributed by atoms with van der Waals surface area (Å²) in [5.74, 6) is -0.0315. The second-order valence-electron chi connectivity index (χ2n) is 7.21. The van der Waals surface area contributed by atoms with Crippen molar-refractivity contribution in [3.05, 3.63) is 41.3 Å². The molecule has 26 heavy (non-hydrogen) atoms. The lowest BCUT2D eigenvalue weighted by molar-refractivity contribution is -0.117. The topological polar surface area (TPSA) is 69.6 Å². The fourth-order valence-corrected chi connectivity index (χ4v) is 4.76. The van der Waals surface area contributed by atoms with E-state index < -0.39 is 5.97 Å². The Morgan fingerprint density at radius 1 is 1.19 bits per heavy atom. The summed E-state index contributed by atoms with van der Waals surface area (Å²) in [6, 6.07) is 9.37. The summed E-state index contributed by atoms with van der Waals surface area (Å²) in [4.78, 5) is 26.4. The quantitative estimate of drug-likeness (QED) is 0.831. The number of piperidine rings is 1. The van der Waals surface area contributed by atoms with Gasteiger partial charge in [0.05, 0.1) is 6.54 Å². The number of thiophene rings is 1. The number of carboxylic acids is 1. The second kappa shape index (κ2) is 8.01. The first kappa shape index (κ1) is 18.6. The lowest BCUT2D eigenvalue weighted by Crippen LogP contribution is -2.42. The summed E-state index contributed by atoms with van der Waals surface area (Å²) in [6.45, 7) is 6.52. The minimum absolute atomic E-state index is 0.157. The highest BCUT2D eigenvalue weighted by Crippen LogP contribution is 2.35. The van der Waals surface area contributed by atoms with E-state index in [0.29, 0.717) is 28.9 Å². The molecule has 1 aliphatic rings. The zero-order chi connectivity index (χ0) is 18.7. The number of amides is 1. The minimum Gasteiger partial charge on any atom is -0.478 e. The second-order valence-corrected chi connectivity index (χ2v) is 8.09. The van der Waals surface area contributed by atoms with Crippen LogP contribution in [0.2, 0.25) is 0 Å². The Balaban J connectivity index is 1.74. The van der Waals surface area contributed by atoms with Crippen molar-refractivity contribution in [3.63, 3.8) is 0 Å². The van der Waals surface area contributed by atoms with Gasteiger partial charge in [0.25, 0.3) is 0 Å². The summed E-state index contributed by atoms with van der Waals surface area (Å²) in [7, 11) is 0. The molecule has 2 heterocycles. The van der Waals surface area contributed by atoms with Crippen LogP contribution in [0.3, 0.4) is 0 Å². The first-order valence-electron chi connectivity index (χ1n) is 8.86. The van der Waals surface area contributed by atoms with Crippen LogP contribution in [0.5, 0.6) is 0 Å². The van der Waals surface area contributed by atoms with Crippen molar-refractivity contribution >= 4 is 28.2 Å². The van der Waals surface area contributed by atoms with Crippen molar-refractivity contribution in [2.75, 3.05) is 25.0 Å². The summed E-state index contributed by atoms with van der Waals surface area (Å²) in [5.41, 5.74) is 1.63. The number of hydrogen-bond donors (Lipinski definition) is 2. The van der Waals surface area contributed by atoms with Crippen LogP contribution >= 0.6 is 11.3 Å². The number of nitrogens with zero attached hydrogens (tertiary/aromatic N) is 1. The molecule has 0 aliphatic carbocycles. The van der Waals surface area contributed by atoms with E-state index in [1.807, 2.05) is 30.3 Å². The molecule has 138 valence electrons. The summed E-state index contributed by atoms with van der Waals surface area (Å²) in [6.07, 6.45) is 1.19. The minimum atomic E-state index is -1.03. The van der Waals surface area contributed by atoms with E-state index in [1.165, 1.54) is 17.8 Å². The van der Waals surface area contributed by atoms with Crippen molar-refractivity contribution in [2.45, 2.75) is 20.3 Å². The van der Waals surface area contributed by atoms with Gasteiger partial charge in [-0.15, -0.1) is 11.3 Å². The van der Waals surface area contributed by atoms with Crippen molar-refractivity contribution in [1.29, 1.82) is 0 Å². The van der Waals surface area contributed by atoms with Gasteiger partial charge in [0, 0.05) is 24.0 Å². The number of benzene rings is 1. The molecule has 0 saturated carbocycles. The van der Waals surface area contributed by atoms with Gasteiger partial charge in [-0.1, -0.05) is 44.2 Å². The van der Waals surface area contributed by atoms with Crippen molar-refractivity contribution in [3.8, 4) is 11.1 Å². The third-order valence-corrected chi connectivity index (χ3v) is 5.55. The zero-order valence-corrected chi connectivity index (χ0v) is 15.9. The molecule has 1 aromatic carbocycles. The van der Waals surface area contributed by atoms with Gasteiger partial charge in [-0.05, 0) is 23.8 Å². The van der Waals surface area contributed by atoms with Crippen LogP contribution in [-0.4, -0.2) is 41.5 Å². The van der Waals surface area contributed by atoms with Crippen LogP contribution in [0.15, 0.2) is 35.7 Å². The zero-order valence-electron chi connectivity index (χ0n) is 15.1. The predicted octanol–water partition coefficient (Wildman–Crippen LogP) is 4.03. The first-order chi connectivity index (χ1) is 12.4. The number of nitrogens with one attached hydrogen (secondary N) is 1. The van der Waals surface area contributed by atoms with Gasteiger partial charge >= 0.3 is 5.97 Å². The maximum atomic E-state index is 12.5. The molecule has 0 bridgehead atoms. The van der Waals surface area contributed by atoms with E-state index in [1.54, 1.807) is 5.38 Å². The molecule has 5 nitrogen and oxygen atoms in total. The Labute approximate surface area is 157 Å². The third kappa shape index (κ3) is 4.31. The molecule has 1 aromatic heterocycles. The van der Waals surface area contributed by atoms with E-state index in [2.05, 4.69) is 24.1 Å². The van der Waals surface area contributed by atoms with Crippen LogP contribution < -0.4 is 5.32 Å². The predicted molar refractivity (Wildman–Crippen MR) is 105 cm³/mol. The monoisotopic (exact) mass is 372 g/mol. The van der Waals surface area contributed by atoms with Gasteiger partial charge in [0.2, 0.25) is 5.91 Å². The largest absolute Gasteiger partial charge is 0.478 e. The van der Waals surface area contributed by atoms with E-state index in [9.17, 15) is 14.7 Å². The fraction of sp³-hybridized carbons (Fsp3) is 0.400. The van der Waals surface area contributed by atoms with E-state index in [-0.39, 0.29) is 11.5 Å². The van der Waals surface area contributed by atoms with Crippen molar-refractivity contribution in [1.82, 2.24) is 4.90 Å². The third-order valence-electron chi connectivity index (χ3n) is 4.65. The highest BCUT2D eigenvalue weighted by Gasteiger charge is 2.25. The molecule has 1 fully saturated rings. The molecule has 6 heteroatoms. The SMILES string of the molecule is CC1CC(C)CN(CC(=O)Nc2scc(-c3ccccc3)c2C(=O)O)C1. The molecule has 2 unspecified atom stereocenters. The molecule has 1 amide bonds. The molecule has 3 rings (SSSR count). The number of carbonyl (C=O) groups excluding carboxylic acids is 1. The van der Waals surface area contributed by atoms with E-state index >= 15 is 0 Å². The number of carboxylic acid groups (broad SMARTS) is 1. The molecular weight excluding hydrogens is 348 g/mol. The van der Waals surface area contributed by atoms with Gasteiger partial charge in [0.1, 0.15) is 10.6 Å². The normalized spacial score (nSPS) is 20.7. The van der Waals surface area contributed by atoms with E-state index in [0.717, 1.165) is 18.7 Å². The van der Waals surface area contributed by atoms with Gasteiger partial charge in [-0.25, -0.2) is 4.79 Å². The molecule has 2 atom stereocenters. The van der Waals surface area contributed by atoms with Crippen LogP contribution in [0.4, 0.5) is 5.00 Å². The number of hydrogen-bond acceptors (Lipinski definition) is 4. The molecule has 1 aliphatic heterocycles. The first-order valence-corrected chi connectivity index (χ1v) is 9.74. The smallest absolute Gasteiger partial charge is 0.339 e. The highest BCUT2D eigenvalue weighted by molar-refractivity contribution is 7.15. The van der Waals surface area contributed by atoms with Gasteiger partial charge in [0.15, 0.2) is 0 Å². The maximum Gasteiger partial charge on any atom is 0.339 e. The average Bonchev–Trinajstić information content (AvgIpc) is 2.98. The number of aromatic carboxylic acids is 1. The van der Waals surface area contributed by atoms with Gasteiger partial charge in [-0.3, -0.25) is 9.69 Å². The van der Waals surface area contributed by atoms with Crippen molar-refractivity contribution < 1.29 is 14.7 Å². The lowest BCUT2D eigenvalue weighted by Gasteiger charge is -2.34. The Hall–Kier alpha value is -2.18. The number of rotatable bonds is 5. The summed E-state index contributed by atoms with van der Waals surface area (Å²) < 4.78 is 0. The molecular formula is C20H24N2O3S. The Morgan fingerprint density at radius 2 is 1.85 bits per heavy atom. The molecule has 2 aromatic rings. The summed E-state index contributed by atoms with van der Waals surface area (Å²) in [5, 5.41) is 14.7. The number of carbonyl (C=O) groups is 2. The average molecular weight is 372 g/mol. The Bertz CT molecular complexity index is 778. The molecule has 2 N–H and O–H groups in total. The van der Waals surface area contributed by atoms with Gasteiger partial charge < -0.3 is 10.4 Å². The maximum absolute atomic E-state index is 12.5. The van der Waals surface area contributed by atoms with Gasteiger partial charge in [-0.2, -0.15) is 0 Å².